The van der Waals surface area contributed by atoms with Gasteiger partial charge in [0.15, 0.2) is 5.15 Å². The molecule has 0 bridgehead atoms. The highest BCUT2D eigenvalue weighted by molar-refractivity contribution is 6.30. The van der Waals surface area contributed by atoms with Gasteiger partial charge in [0, 0.05) is 25.2 Å². The summed E-state index contributed by atoms with van der Waals surface area (Å²) in [5, 5.41) is 11.9. The van der Waals surface area contributed by atoms with Gasteiger partial charge in [-0.1, -0.05) is 74.8 Å². The standard InChI is InChI=1S/C25H30ClN3O3/c1-25(2,3)17-28(14-18-10-12-20(32-4)13-11-18)15-21-23(26)27-24(29(21)16-22(30)31)19-8-6-5-7-9-19/h5-13H,14-17H2,1-4H3,(H,30,31)/p-1. The van der Waals surface area contributed by atoms with Gasteiger partial charge in [-0.05, 0) is 23.1 Å². The molecule has 0 saturated carbocycles. The van der Waals surface area contributed by atoms with Gasteiger partial charge in [-0.2, -0.15) is 0 Å². The Morgan fingerprint density at radius 1 is 1.09 bits per heavy atom. The Balaban J connectivity index is 1.96. The maximum atomic E-state index is 11.6. The van der Waals surface area contributed by atoms with Gasteiger partial charge in [0.25, 0.3) is 0 Å². The maximum Gasteiger partial charge on any atom is 0.152 e. The van der Waals surface area contributed by atoms with Crippen LogP contribution in [-0.4, -0.2) is 34.1 Å². The smallest absolute Gasteiger partial charge is 0.152 e. The Labute approximate surface area is 194 Å². The largest absolute Gasteiger partial charge is 0.548 e. The summed E-state index contributed by atoms with van der Waals surface area (Å²) in [5.41, 5.74) is 2.62. The first-order chi connectivity index (χ1) is 15.2. The van der Waals surface area contributed by atoms with Crippen LogP contribution in [0.5, 0.6) is 5.75 Å². The van der Waals surface area contributed by atoms with Crippen LogP contribution in [-0.2, 0) is 24.4 Å². The Hall–Kier alpha value is -2.83. The van der Waals surface area contributed by atoms with Crippen LogP contribution in [0.3, 0.4) is 0 Å². The van der Waals surface area contributed by atoms with Crippen molar-refractivity contribution in [2.45, 2.75) is 40.4 Å². The van der Waals surface area contributed by atoms with E-state index in [-0.39, 0.29) is 12.0 Å². The molecular formula is C25H29ClN3O3-. The quantitative estimate of drug-likeness (QED) is 0.488. The highest BCUT2D eigenvalue weighted by Crippen LogP contribution is 2.28. The number of aromatic nitrogens is 2. The molecule has 0 aliphatic carbocycles. The van der Waals surface area contributed by atoms with Gasteiger partial charge in [-0.15, -0.1) is 0 Å². The fourth-order valence-corrected chi connectivity index (χ4v) is 4.00. The zero-order valence-corrected chi connectivity index (χ0v) is 19.7. The van der Waals surface area contributed by atoms with E-state index < -0.39 is 5.97 Å². The number of aliphatic carboxylic acids is 1. The molecule has 0 saturated heterocycles. The molecule has 2 aromatic carbocycles. The van der Waals surface area contributed by atoms with Gasteiger partial charge in [0.05, 0.1) is 25.3 Å². The molecule has 1 heterocycles. The minimum absolute atomic E-state index is 0.0282. The van der Waals surface area contributed by atoms with Crippen molar-refractivity contribution in [2.24, 2.45) is 5.41 Å². The van der Waals surface area contributed by atoms with Crippen LogP contribution in [0.15, 0.2) is 54.6 Å². The Bertz CT molecular complexity index is 1040. The molecule has 3 rings (SSSR count). The molecule has 0 spiro atoms. The lowest BCUT2D eigenvalue weighted by atomic mass is 9.95. The summed E-state index contributed by atoms with van der Waals surface area (Å²) in [5.74, 6) is 0.142. The van der Waals surface area contributed by atoms with Gasteiger partial charge in [-0.25, -0.2) is 4.98 Å². The first-order valence-corrected chi connectivity index (χ1v) is 10.9. The molecule has 32 heavy (non-hydrogen) atoms. The maximum absolute atomic E-state index is 11.6. The van der Waals surface area contributed by atoms with E-state index >= 15 is 0 Å². The molecule has 0 aliphatic heterocycles. The van der Waals surface area contributed by atoms with Gasteiger partial charge in [0.1, 0.15) is 11.6 Å². The van der Waals surface area contributed by atoms with Crippen molar-refractivity contribution in [3.8, 4) is 17.1 Å². The second kappa shape index (κ2) is 10.2. The van der Waals surface area contributed by atoms with Crippen LogP contribution in [0.4, 0.5) is 0 Å². The van der Waals surface area contributed by atoms with Gasteiger partial charge >= 0.3 is 0 Å². The third kappa shape index (κ3) is 6.34. The number of carbonyl (C=O) groups excluding carboxylic acids is 1. The normalized spacial score (nSPS) is 11.7. The van der Waals surface area contributed by atoms with Crippen LogP contribution in [0, 0.1) is 5.41 Å². The summed E-state index contributed by atoms with van der Waals surface area (Å²) < 4.78 is 6.91. The van der Waals surface area contributed by atoms with Crippen molar-refractivity contribution < 1.29 is 14.6 Å². The van der Waals surface area contributed by atoms with E-state index in [2.05, 4.69) is 30.7 Å². The van der Waals surface area contributed by atoms with E-state index in [4.69, 9.17) is 16.3 Å². The van der Waals surface area contributed by atoms with Crippen LogP contribution in [0.2, 0.25) is 5.15 Å². The molecule has 0 fully saturated rings. The van der Waals surface area contributed by atoms with E-state index in [1.54, 1.807) is 11.7 Å². The van der Waals surface area contributed by atoms with Crippen molar-refractivity contribution in [2.75, 3.05) is 13.7 Å². The molecule has 7 heteroatoms. The van der Waals surface area contributed by atoms with Crippen LogP contribution in [0.25, 0.3) is 11.4 Å². The molecule has 6 nitrogen and oxygen atoms in total. The molecule has 0 unspecified atom stereocenters. The lowest BCUT2D eigenvalue weighted by Crippen LogP contribution is -2.34. The number of rotatable bonds is 9. The van der Waals surface area contributed by atoms with E-state index in [0.29, 0.717) is 29.8 Å². The van der Waals surface area contributed by atoms with Gasteiger partial charge in [-0.3, -0.25) is 4.90 Å². The second-order valence-electron chi connectivity index (χ2n) is 9.05. The van der Waals surface area contributed by atoms with Crippen molar-refractivity contribution in [3.63, 3.8) is 0 Å². The summed E-state index contributed by atoms with van der Waals surface area (Å²) in [6, 6.07) is 17.4. The molecule has 1 aromatic heterocycles. The number of hydrogen-bond acceptors (Lipinski definition) is 5. The number of ether oxygens (including phenoxy) is 1. The number of hydrogen-bond donors (Lipinski definition) is 0. The topological polar surface area (TPSA) is 70.4 Å². The molecule has 0 N–H and O–H groups in total. The van der Waals surface area contributed by atoms with E-state index in [9.17, 15) is 9.90 Å². The molecular weight excluding hydrogens is 426 g/mol. The Morgan fingerprint density at radius 3 is 2.31 bits per heavy atom. The van der Waals surface area contributed by atoms with Crippen LogP contribution < -0.4 is 9.84 Å². The predicted octanol–water partition coefficient (Wildman–Crippen LogP) is 4.01. The van der Waals surface area contributed by atoms with Crippen molar-refractivity contribution in [3.05, 3.63) is 71.0 Å². The fourth-order valence-electron chi connectivity index (χ4n) is 3.75. The number of methoxy groups -OCH3 is 1. The lowest BCUT2D eigenvalue weighted by molar-refractivity contribution is -0.306. The Morgan fingerprint density at radius 2 is 1.75 bits per heavy atom. The number of imidazole rings is 1. The van der Waals surface area contributed by atoms with Gasteiger partial charge < -0.3 is 19.2 Å². The van der Waals surface area contributed by atoms with Crippen LogP contribution >= 0.6 is 11.6 Å². The summed E-state index contributed by atoms with van der Waals surface area (Å²) >= 11 is 6.55. The number of carbonyl (C=O) groups is 1. The van der Waals surface area contributed by atoms with E-state index in [1.807, 2.05) is 54.6 Å². The first kappa shape index (κ1) is 23.8. The first-order valence-electron chi connectivity index (χ1n) is 10.5. The second-order valence-corrected chi connectivity index (χ2v) is 9.41. The number of nitrogens with zero attached hydrogens (tertiary/aromatic N) is 3. The molecule has 0 amide bonds. The molecule has 170 valence electrons. The number of carboxylic acids is 1. The summed E-state index contributed by atoms with van der Waals surface area (Å²) in [7, 11) is 1.64. The van der Waals surface area contributed by atoms with E-state index in [1.165, 1.54) is 0 Å². The number of benzene rings is 2. The van der Waals surface area contributed by atoms with E-state index in [0.717, 1.165) is 23.4 Å². The van der Waals surface area contributed by atoms with Crippen molar-refractivity contribution in [1.82, 2.24) is 14.5 Å². The highest BCUT2D eigenvalue weighted by atomic mass is 35.5. The molecule has 0 aliphatic rings. The highest BCUT2D eigenvalue weighted by Gasteiger charge is 2.23. The Kier molecular flexibility index (Phi) is 7.59. The third-order valence-corrected chi connectivity index (χ3v) is 5.28. The summed E-state index contributed by atoms with van der Waals surface area (Å²) in [6.07, 6.45) is 0. The van der Waals surface area contributed by atoms with Crippen molar-refractivity contribution in [1.29, 1.82) is 0 Å². The summed E-state index contributed by atoms with van der Waals surface area (Å²) in [4.78, 5) is 18.3. The lowest BCUT2D eigenvalue weighted by Gasteiger charge is -2.30. The third-order valence-electron chi connectivity index (χ3n) is 4.98. The monoisotopic (exact) mass is 454 g/mol. The summed E-state index contributed by atoms with van der Waals surface area (Å²) in [6.45, 7) is 8.11. The predicted molar refractivity (Wildman–Crippen MR) is 124 cm³/mol. The molecule has 3 aromatic rings. The minimum atomic E-state index is -1.19. The van der Waals surface area contributed by atoms with Gasteiger partial charge in [0.2, 0.25) is 0 Å². The zero-order valence-electron chi connectivity index (χ0n) is 19.0. The average molecular weight is 455 g/mol. The molecule has 0 atom stereocenters. The zero-order chi connectivity index (χ0) is 23.3. The number of carboxylic acid groups (broad SMARTS) is 1. The fraction of sp³-hybridized carbons (Fsp3) is 0.360. The van der Waals surface area contributed by atoms with Crippen molar-refractivity contribution >= 4 is 17.6 Å². The average Bonchev–Trinajstić information content (AvgIpc) is 3.03. The SMILES string of the molecule is COc1ccc(CN(Cc2c(Cl)nc(-c3ccccc3)n2CC(=O)[O-])CC(C)(C)C)cc1. The number of halogens is 1. The minimum Gasteiger partial charge on any atom is -0.548 e. The molecule has 0 radical (unpaired) electrons. The van der Waals surface area contributed by atoms with Crippen LogP contribution in [0.1, 0.15) is 32.0 Å².